The van der Waals surface area contributed by atoms with E-state index in [4.69, 9.17) is 21.0 Å². The summed E-state index contributed by atoms with van der Waals surface area (Å²) in [5, 5.41) is 15.9. The van der Waals surface area contributed by atoms with Gasteiger partial charge in [0.05, 0.1) is 12.2 Å². The van der Waals surface area contributed by atoms with E-state index in [1.54, 1.807) is 12.1 Å². The van der Waals surface area contributed by atoms with Crippen LogP contribution < -0.4 is 10.5 Å². The highest BCUT2D eigenvalue weighted by Gasteiger charge is 2.06. The Labute approximate surface area is 82.8 Å². The molecule has 4 nitrogen and oxygen atoms in total. The third kappa shape index (κ3) is 2.47. The number of amidine groups is 1. The number of aliphatic hydroxyl groups is 1. The zero-order chi connectivity index (χ0) is 10.6. The lowest BCUT2D eigenvalue weighted by Crippen LogP contribution is -2.14. The Hall–Kier alpha value is -1.55. The highest BCUT2D eigenvalue weighted by atomic mass is 16.5. The lowest BCUT2D eigenvalue weighted by atomic mass is 10.1. The Kier molecular flexibility index (Phi) is 3.48. The molecule has 4 N–H and O–H groups in total. The number of hydrogen-bond donors (Lipinski definition) is 3. The molecule has 1 aromatic carbocycles. The van der Waals surface area contributed by atoms with Gasteiger partial charge in [-0.3, -0.25) is 5.41 Å². The van der Waals surface area contributed by atoms with Gasteiger partial charge in [-0.1, -0.05) is 6.07 Å². The molecule has 0 aromatic heterocycles. The number of nitrogen functional groups attached to an aromatic ring is 1. The molecule has 1 aromatic rings. The third-order valence-corrected chi connectivity index (χ3v) is 1.78. The van der Waals surface area contributed by atoms with Gasteiger partial charge >= 0.3 is 0 Å². The molecule has 14 heavy (non-hydrogen) atoms. The third-order valence-electron chi connectivity index (χ3n) is 1.78. The molecule has 0 saturated heterocycles. The van der Waals surface area contributed by atoms with Crippen LogP contribution in [0.15, 0.2) is 18.2 Å². The van der Waals surface area contributed by atoms with Crippen molar-refractivity contribution in [2.45, 2.75) is 6.92 Å². The predicted octanol–water partition coefficient (Wildman–Crippen LogP) is 0.650. The number of aryl methyl sites for hydroxylation is 1. The van der Waals surface area contributed by atoms with Gasteiger partial charge in [0.25, 0.3) is 0 Å². The predicted molar refractivity (Wildman–Crippen MR) is 54.8 cm³/mol. The van der Waals surface area contributed by atoms with Gasteiger partial charge in [-0.25, -0.2) is 0 Å². The van der Waals surface area contributed by atoms with Gasteiger partial charge in [0.15, 0.2) is 0 Å². The second-order valence-corrected chi connectivity index (χ2v) is 2.99. The molecule has 1 rings (SSSR count). The minimum Gasteiger partial charge on any atom is -0.490 e. The van der Waals surface area contributed by atoms with E-state index in [0.717, 1.165) is 5.56 Å². The lowest BCUT2D eigenvalue weighted by Gasteiger charge is -2.10. The van der Waals surface area contributed by atoms with E-state index in [1.807, 2.05) is 13.0 Å². The molecule has 0 bridgehead atoms. The average Bonchev–Trinajstić information content (AvgIpc) is 2.14. The van der Waals surface area contributed by atoms with Crippen LogP contribution in [0.2, 0.25) is 0 Å². The second kappa shape index (κ2) is 4.62. The first-order valence-corrected chi connectivity index (χ1v) is 4.34. The van der Waals surface area contributed by atoms with Crippen molar-refractivity contribution in [1.29, 1.82) is 5.41 Å². The molecule has 0 spiro atoms. The standard InChI is InChI=1S/C10H14N2O2/c1-7-2-3-8(10(11)12)9(6-7)14-5-4-13/h2-3,6,13H,4-5H2,1H3,(H3,11,12). The molecule has 0 radical (unpaired) electrons. The van der Waals surface area contributed by atoms with Gasteiger partial charge in [-0.05, 0) is 24.6 Å². The number of nitrogens with one attached hydrogen (secondary N) is 1. The first-order chi connectivity index (χ1) is 6.65. The van der Waals surface area contributed by atoms with E-state index >= 15 is 0 Å². The fourth-order valence-corrected chi connectivity index (χ4v) is 1.13. The highest BCUT2D eigenvalue weighted by Crippen LogP contribution is 2.19. The maximum absolute atomic E-state index is 8.62. The largest absolute Gasteiger partial charge is 0.490 e. The van der Waals surface area contributed by atoms with Crippen molar-refractivity contribution in [3.8, 4) is 5.75 Å². The Morgan fingerprint density at radius 1 is 1.57 bits per heavy atom. The van der Waals surface area contributed by atoms with Crippen LogP contribution in [0.5, 0.6) is 5.75 Å². The summed E-state index contributed by atoms with van der Waals surface area (Å²) in [6.45, 7) is 2.09. The molecular weight excluding hydrogens is 180 g/mol. The molecule has 0 amide bonds. The number of nitrogens with two attached hydrogens (primary N) is 1. The van der Waals surface area contributed by atoms with Crippen LogP contribution in [0.25, 0.3) is 0 Å². The first-order valence-electron chi connectivity index (χ1n) is 4.34. The summed E-state index contributed by atoms with van der Waals surface area (Å²) in [5.74, 6) is 0.518. The normalized spacial score (nSPS) is 9.86. The summed E-state index contributed by atoms with van der Waals surface area (Å²) in [7, 11) is 0. The average molecular weight is 194 g/mol. The quantitative estimate of drug-likeness (QED) is 0.486. The van der Waals surface area contributed by atoms with Gasteiger partial charge < -0.3 is 15.6 Å². The highest BCUT2D eigenvalue weighted by molar-refractivity contribution is 5.97. The maximum Gasteiger partial charge on any atom is 0.130 e. The van der Waals surface area contributed by atoms with Crippen molar-refractivity contribution >= 4 is 5.84 Å². The SMILES string of the molecule is Cc1ccc(C(=N)N)c(OCCO)c1. The van der Waals surface area contributed by atoms with Gasteiger partial charge in [0.2, 0.25) is 0 Å². The summed E-state index contributed by atoms with van der Waals surface area (Å²) in [4.78, 5) is 0. The number of rotatable bonds is 4. The van der Waals surface area contributed by atoms with Gasteiger partial charge in [-0.2, -0.15) is 0 Å². The molecule has 0 heterocycles. The summed E-state index contributed by atoms with van der Waals surface area (Å²) >= 11 is 0. The molecular formula is C10H14N2O2. The van der Waals surface area contributed by atoms with Crippen LogP contribution in [0.3, 0.4) is 0 Å². The topological polar surface area (TPSA) is 79.3 Å². The Balaban J connectivity index is 2.97. The Bertz CT molecular complexity index is 337. The summed E-state index contributed by atoms with van der Waals surface area (Å²) < 4.78 is 5.26. The van der Waals surface area contributed by atoms with E-state index in [0.29, 0.717) is 11.3 Å². The van der Waals surface area contributed by atoms with E-state index in [1.165, 1.54) is 0 Å². The summed E-state index contributed by atoms with van der Waals surface area (Å²) in [6.07, 6.45) is 0. The maximum atomic E-state index is 8.62. The molecule has 0 fully saturated rings. The first kappa shape index (κ1) is 10.5. The zero-order valence-electron chi connectivity index (χ0n) is 8.08. The molecule has 0 aliphatic heterocycles. The van der Waals surface area contributed by atoms with Gasteiger partial charge in [0, 0.05) is 0 Å². The van der Waals surface area contributed by atoms with Crippen LogP contribution in [0, 0.1) is 12.3 Å². The minimum atomic E-state index is -0.0503. The van der Waals surface area contributed by atoms with Gasteiger partial charge in [0.1, 0.15) is 18.2 Å². The van der Waals surface area contributed by atoms with Crippen molar-refractivity contribution in [1.82, 2.24) is 0 Å². The molecule has 0 aliphatic carbocycles. The van der Waals surface area contributed by atoms with Crippen LogP contribution >= 0.6 is 0 Å². The van der Waals surface area contributed by atoms with E-state index in [9.17, 15) is 0 Å². The summed E-state index contributed by atoms with van der Waals surface area (Å²) in [5.41, 5.74) is 6.97. The number of benzene rings is 1. The monoisotopic (exact) mass is 194 g/mol. The van der Waals surface area contributed by atoms with Crippen LogP contribution in [0.1, 0.15) is 11.1 Å². The Morgan fingerprint density at radius 2 is 2.29 bits per heavy atom. The molecule has 0 unspecified atom stereocenters. The van der Waals surface area contributed by atoms with Crippen molar-refractivity contribution in [2.75, 3.05) is 13.2 Å². The van der Waals surface area contributed by atoms with E-state index < -0.39 is 0 Å². The van der Waals surface area contributed by atoms with Crippen LogP contribution in [0.4, 0.5) is 0 Å². The van der Waals surface area contributed by atoms with Crippen LogP contribution in [-0.2, 0) is 0 Å². The lowest BCUT2D eigenvalue weighted by molar-refractivity contribution is 0.201. The number of ether oxygens (including phenoxy) is 1. The van der Waals surface area contributed by atoms with Crippen molar-refractivity contribution < 1.29 is 9.84 Å². The van der Waals surface area contributed by atoms with Gasteiger partial charge in [-0.15, -0.1) is 0 Å². The van der Waals surface area contributed by atoms with E-state index in [2.05, 4.69) is 0 Å². The second-order valence-electron chi connectivity index (χ2n) is 2.99. The number of aliphatic hydroxyl groups excluding tert-OH is 1. The smallest absolute Gasteiger partial charge is 0.130 e. The fourth-order valence-electron chi connectivity index (χ4n) is 1.13. The molecule has 0 aliphatic rings. The Morgan fingerprint density at radius 3 is 2.86 bits per heavy atom. The number of hydrogen-bond acceptors (Lipinski definition) is 3. The van der Waals surface area contributed by atoms with Crippen LogP contribution in [-0.4, -0.2) is 24.2 Å². The summed E-state index contributed by atoms with van der Waals surface area (Å²) in [6, 6.07) is 5.40. The van der Waals surface area contributed by atoms with Crippen molar-refractivity contribution in [3.63, 3.8) is 0 Å². The van der Waals surface area contributed by atoms with Crippen molar-refractivity contribution in [2.24, 2.45) is 5.73 Å². The van der Waals surface area contributed by atoms with E-state index in [-0.39, 0.29) is 19.0 Å². The zero-order valence-corrected chi connectivity index (χ0v) is 8.08. The molecule has 0 atom stereocenters. The molecule has 0 saturated carbocycles. The minimum absolute atomic E-state index is 0.0297. The van der Waals surface area contributed by atoms with Crippen molar-refractivity contribution in [3.05, 3.63) is 29.3 Å². The molecule has 76 valence electrons. The molecule has 4 heteroatoms. The fraction of sp³-hybridized carbons (Fsp3) is 0.300.